The van der Waals surface area contributed by atoms with Crippen LogP contribution in [0.15, 0.2) is 35.4 Å². The Labute approximate surface area is 148 Å². The lowest BCUT2D eigenvalue weighted by molar-refractivity contribution is -0.137. The van der Waals surface area contributed by atoms with E-state index in [2.05, 4.69) is 16.7 Å². The number of aromatic nitrogens is 2. The number of rotatable bonds is 5. The maximum Gasteiger partial charge on any atom is 0.416 e. The van der Waals surface area contributed by atoms with Gasteiger partial charge in [0.05, 0.1) is 16.7 Å². The summed E-state index contributed by atoms with van der Waals surface area (Å²) in [6.45, 7) is 3.66. The van der Waals surface area contributed by atoms with Crippen LogP contribution in [0.4, 0.5) is 13.2 Å². The number of ether oxygens (including phenoxy) is 1. The third-order valence-electron chi connectivity index (χ3n) is 4.01. The minimum Gasteiger partial charge on any atom is -0.489 e. The number of nitrogens with two attached hydrogens (primary N) is 1. The molecule has 1 aromatic carbocycles. The Bertz CT molecular complexity index is 757. The van der Waals surface area contributed by atoms with Crippen LogP contribution in [-0.4, -0.2) is 16.7 Å². The molecule has 9 heteroatoms. The van der Waals surface area contributed by atoms with E-state index < -0.39 is 17.3 Å². The summed E-state index contributed by atoms with van der Waals surface area (Å²) in [6, 6.07) is 3.10. The molecule has 3 rings (SSSR count). The van der Waals surface area contributed by atoms with Gasteiger partial charge in [0.15, 0.2) is 5.82 Å². The Morgan fingerprint density at radius 3 is 2.64 bits per heavy atom. The van der Waals surface area contributed by atoms with Gasteiger partial charge >= 0.3 is 6.18 Å². The first-order valence-corrected chi connectivity index (χ1v) is 7.42. The zero-order valence-electron chi connectivity index (χ0n) is 13.2. The van der Waals surface area contributed by atoms with Crippen LogP contribution in [0.1, 0.15) is 30.7 Å². The maximum atomic E-state index is 13.0. The van der Waals surface area contributed by atoms with Crippen LogP contribution >= 0.6 is 12.4 Å². The van der Waals surface area contributed by atoms with Crippen LogP contribution in [0.2, 0.25) is 0 Å². The van der Waals surface area contributed by atoms with E-state index in [-0.39, 0.29) is 36.2 Å². The van der Waals surface area contributed by atoms with Crippen LogP contribution in [-0.2, 0) is 11.7 Å². The molecule has 5 nitrogen and oxygen atoms in total. The molecule has 2 aromatic rings. The predicted molar refractivity (Wildman–Crippen MR) is 87.4 cm³/mol. The Hall–Kier alpha value is -2.06. The van der Waals surface area contributed by atoms with Crippen molar-refractivity contribution in [3.8, 4) is 17.2 Å². The highest BCUT2D eigenvalue weighted by atomic mass is 35.5. The standard InChI is InChI=1S/C16H16F3N3O2.ClH/c1-2-8-23-12-5-4-10(16(17,18)19)9-11(12)13-21-14(22-24-13)15(20)6-3-7-15;/h2,4-5,9H,1,3,6-8,20H2;1H. The van der Waals surface area contributed by atoms with E-state index in [9.17, 15) is 13.2 Å². The van der Waals surface area contributed by atoms with Crippen molar-refractivity contribution in [2.45, 2.75) is 31.0 Å². The summed E-state index contributed by atoms with van der Waals surface area (Å²) in [7, 11) is 0. The molecule has 1 aliphatic rings. The Balaban J connectivity index is 0.00000225. The first-order valence-electron chi connectivity index (χ1n) is 7.42. The minimum atomic E-state index is -4.49. The Kier molecular flexibility index (Phi) is 5.43. The topological polar surface area (TPSA) is 74.2 Å². The number of halogens is 4. The first kappa shape index (κ1) is 19.3. The molecule has 1 saturated carbocycles. The lowest BCUT2D eigenvalue weighted by atomic mass is 9.77. The van der Waals surface area contributed by atoms with Gasteiger partial charge in [0.2, 0.25) is 0 Å². The maximum absolute atomic E-state index is 13.0. The fraction of sp³-hybridized carbons (Fsp3) is 0.375. The van der Waals surface area contributed by atoms with Crippen LogP contribution in [0.25, 0.3) is 11.5 Å². The fourth-order valence-electron chi connectivity index (χ4n) is 2.46. The number of hydrogen-bond acceptors (Lipinski definition) is 5. The molecule has 0 aliphatic heterocycles. The molecule has 0 unspecified atom stereocenters. The largest absolute Gasteiger partial charge is 0.489 e. The molecule has 2 N–H and O–H groups in total. The van der Waals surface area contributed by atoms with Crippen LogP contribution in [0, 0.1) is 0 Å². The third kappa shape index (κ3) is 3.80. The molecule has 136 valence electrons. The van der Waals surface area contributed by atoms with Gasteiger partial charge in [0.25, 0.3) is 5.89 Å². The fourth-order valence-corrected chi connectivity index (χ4v) is 2.46. The minimum absolute atomic E-state index is 0. The third-order valence-corrected chi connectivity index (χ3v) is 4.01. The van der Waals surface area contributed by atoms with Crippen molar-refractivity contribution in [2.24, 2.45) is 5.73 Å². The van der Waals surface area contributed by atoms with Gasteiger partial charge in [0, 0.05) is 0 Å². The summed E-state index contributed by atoms with van der Waals surface area (Å²) in [5, 5.41) is 3.83. The normalized spacial score (nSPS) is 15.8. The molecule has 0 bridgehead atoms. The number of nitrogens with zero attached hydrogens (tertiary/aromatic N) is 2. The van der Waals surface area contributed by atoms with E-state index in [1.165, 1.54) is 12.1 Å². The number of hydrogen-bond donors (Lipinski definition) is 1. The van der Waals surface area contributed by atoms with E-state index in [1.54, 1.807) is 0 Å². The summed E-state index contributed by atoms with van der Waals surface area (Å²) >= 11 is 0. The second-order valence-electron chi connectivity index (χ2n) is 5.74. The average molecular weight is 376 g/mol. The van der Waals surface area contributed by atoms with Gasteiger partial charge in [-0.2, -0.15) is 18.2 Å². The van der Waals surface area contributed by atoms with E-state index in [0.717, 1.165) is 18.6 Å². The van der Waals surface area contributed by atoms with Crippen molar-refractivity contribution in [3.63, 3.8) is 0 Å². The van der Waals surface area contributed by atoms with Gasteiger partial charge in [0.1, 0.15) is 12.4 Å². The summed E-state index contributed by atoms with van der Waals surface area (Å²) < 4.78 is 49.5. The van der Waals surface area contributed by atoms with Gasteiger partial charge in [-0.15, -0.1) is 12.4 Å². The Morgan fingerprint density at radius 2 is 2.08 bits per heavy atom. The zero-order chi connectivity index (χ0) is 17.4. The molecule has 0 radical (unpaired) electrons. The molecule has 0 amide bonds. The predicted octanol–water partition coefficient (Wildman–Crippen LogP) is 4.08. The molecule has 0 spiro atoms. The van der Waals surface area contributed by atoms with E-state index in [1.807, 2.05) is 0 Å². The van der Waals surface area contributed by atoms with E-state index >= 15 is 0 Å². The van der Waals surface area contributed by atoms with Crippen molar-refractivity contribution in [1.29, 1.82) is 0 Å². The number of alkyl halides is 3. The lowest BCUT2D eigenvalue weighted by Crippen LogP contribution is -2.44. The zero-order valence-corrected chi connectivity index (χ0v) is 14.0. The number of benzene rings is 1. The molecule has 25 heavy (non-hydrogen) atoms. The summed E-state index contributed by atoms with van der Waals surface area (Å²) in [5.74, 6) is 0.459. The smallest absolute Gasteiger partial charge is 0.416 e. The molecule has 1 fully saturated rings. The van der Waals surface area contributed by atoms with Gasteiger partial charge in [-0.05, 0) is 37.5 Å². The quantitative estimate of drug-likeness (QED) is 0.797. The Morgan fingerprint density at radius 1 is 1.36 bits per heavy atom. The van der Waals surface area contributed by atoms with Crippen LogP contribution in [0.5, 0.6) is 5.75 Å². The second kappa shape index (κ2) is 7.05. The van der Waals surface area contributed by atoms with Crippen molar-refractivity contribution < 1.29 is 22.4 Å². The molecule has 1 heterocycles. The van der Waals surface area contributed by atoms with Gasteiger partial charge < -0.3 is 15.0 Å². The summed E-state index contributed by atoms with van der Waals surface area (Å²) in [5.41, 5.74) is 4.71. The highest BCUT2D eigenvalue weighted by molar-refractivity contribution is 5.85. The average Bonchev–Trinajstić information content (AvgIpc) is 2.99. The van der Waals surface area contributed by atoms with E-state index in [4.69, 9.17) is 15.0 Å². The van der Waals surface area contributed by atoms with Crippen LogP contribution in [0.3, 0.4) is 0 Å². The highest BCUT2D eigenvalue weighted by Crippen LogP contribution is 2.40. The van der Waals surface area contributed by atoms with Crippen molar-refractivity contribution in [2.75, 3.05) is 6.61 Å². The molecule has 0 atom stereocenters. The van der Waals surface area contributed by atoms with E-state index in [0.29, 0.717) is 18.7 Å². The lowest BCUT2D eigenvalue weighted by Gasteiger charge is -2.34. The first-order chi connectivity index (χ1) is 11.3. The molecule has 0 saturated heterocycles. The molecule has 1 aliphatic carbocycles. The second-order valence-corrected chi connectivity index (χ2v) is 5.74. The van der Waals surface area contributed by atoms with Crippen molar-refractivity contribution in [3.05, 3.63) is 42.2 Å². The molecular formula is C16H17ClF3N3O2. The summed E-state index contributed by atoms with van der Waals surface area (Å²) in [4.78, 5) is 4.19. The van der Waals surface area contributed by atoms with Crippen LogP contribution < -0.4 is 10.5 Å². The highest BCUT2D eigenvalue weighted by Gasteiger charge is 2.39. The summed E-state index contributed by atoms with van der Waals surface area (Å²) in [6.07, 6.45) is -0.609. The van der Waals surface area contributed by atoms with Crippen molar-refractivity contribution in [1.82, 2.24) is 10.1 Å². The van der Waals surface area contributed by atoms with Gasteiger partial charge in [-0.25, -0.2) is 0 Å². The molecule has 1 aromatic heterocycles. The molecular weight excluding hydrogens is 359 g/mol. The van der Waals surface area contributed by atoms with Gasteiger partial charge in [-0.3, -0.25) is 0 Å². The SMILES string of the molecule is C=CCOc1ccc(C(F)(F)F)cc1-c1nc(C2(N)CCC2)no1.Cl. The monoisotopic (exact) mass is 375 g/mol. The van der Waals surface area contributed by atoms with Gasteiger partial charge in [-0.1, -0.05) is 17.8 Å². The van der Waals surface area contributed by atoms with Crippen molar-refractivity contribution >= 4 is 12.4 Å².